The van der Waals surface area contributed by atoms with Gasteiger partial charge in [-0.15, -0.1) is 0 Å². The third-order valence-electron chi connectivity index (χ3n) is 5.52. The van der Waals surface area contributed by atoms with Crippen molar-refractivity contribution in [2.45, 2.75) is 50.3 Å². The summed E-state index contributed by atoms with van der Waals surface area (Å²) in [5, 5.41) is 42.1. The van der Waals surface area contributed by atoms with Gasteiger partial charge in [-0.1, -0.05) is 6.07 Å². The van der Waals surface area contributed by atoms with Gasteiger partial charge in [0.25, 0.3) is 0 Å². The zero-order valence-corrected chi connectivity index (χ0v) is 21.5. The normalized spacial score (nSPS) is 23.8. The summed E-state index contributed by atoms with van der Waals surface area (Å²) in [7, 11) is 4.45. The molecule has 0 saturated carbocycles. The summed E-state index contributed by atoms with van der Waals surface area (Å²) in [6.45, 7) is -0.00867. The van der Waals surface area contributed by atoms with Crippen LogP contribution in [0.15, 0.2) is 18.2 Å². The highest BCUT2D eigenvalue weighted by Gasteiger charge is 2.48. The van der Waals surface area contributed by atoms with Gasteiger partial charge in [-0.25, -0.2) is 9.59 Å². The molecule has 2 rings (SSSR count). The molecule has 16 heteroatoms. The number of hydrogen-bond donors (Lipinski definition) is 6. The van der Waals surface area contributed by atoms with Gasteiger partial charge in [0, 0.05) is 54.4 Å². The molecule has 1 aliphatic rings. The summed E-state index contributed by atoms with van der Waals surface area (Å²) in [6.07, 6.45) is -8.37. The Morgan fingerprint density at radius 1 is 1.21 bits per heavy atom. The number of aliphatic carboxylic acids is 1. The number of rotatable bonds is 13. The first-order valence-electron chi connectivity index (χ1n) is 11.6. The van der Waals surface area contributed by atoms with Gasteiger partial charge >= 0.3 is 12.1 Å². The van der Waals surface area contributed by atoms with Crippen molar-refractivity contribution in [3.05, 3.63) is 29.3 Å². The van der Waals surface area contributed by atoms with E-state index in [1.807, 2.05) is 0 Å². The lowest BCUT2D eigenvalue weighted by Gasteiger charge is -2.38. The van der Waals surface area contributed by atoms with Crippen LogP contribution in [-0.2, 0) is 43.0 Å². The minimum Gasteiger partial charge on any atom is -0.479 e. The Bertz CT molecular complexity index is 1000. The lowest BCUT2D eigenvalue weighted by molar-refractivity contribution is -0.271. The maximum atomic E-state index is 12.3. The molecule has 0 spiro atoms. The van der Waals surface area contributed by atoms with Crippen molar-refractivity contribution in [2.24, 2.45) is 5.73 Å². The molecule has 2 radical (unpaired) electrons. The van der Waals surface area contributed by atoms with E-state index in [0.717, 1.165) is 0 Å². The van der Waals surface area contributed by atoms with Crippen LogP contribution in [0.3, 0.4) is 0 Å². The molecule has 0 aromatic heterocycles. The number of aliphatic hydroxyl groups excluding tert-OH is 3. The molecule has 0 bridgehead atoms. The summed E-state index contributed by atoms with van der Waals surface area (Å²) < 4.78 is 27.4. The zero-order valence-electron chi connectivity index (χ0n) is 20.7. The lowest BCUT2D eigenvalue weighted by atomic mass is 9.99. The van der Waals surface area contributed by atoms with Crippen molar-refractivity contribution in [1.29, 1.82) is 0 Å². The molecule has 6 atom stereocenters. The van der Waals surface area contributed by atoms with E-state index in [1.54, 1.807) is 0 Å². The number of nitrogens with two attached hydrogens (primary N) is 1. The van der Waals surface area contributed by atoms with Crippen molar-refractivity contribution >= 4 is 36.6 Å². The molecule has 1 saturated heterocycles. The van der Waals surface area contributed by atoms with Gasteiger partial charge in [0.05, 0.1) is 7.85 Å². The SMILES string of the molecule is [B]CN(CCS(C)=O)C(=O)OCc1ccc(OC2OC(C(=O)O)C(O)C(O)C2O)c(CNC(=O)CCN)c1. The van der Waals surface area contributed by atoms with Gasteiger partial charge in [-0.3, -0.25) is 9.00 Å². The number of ether oxygens (including phenoxy) is 3. The Kier molecular flexibility index (Phi) is 12.4. The maximum Gasteiger partial charge on any atom is 0.409 e. The first kappa shape index (κ1) is 31.5. The molecule has 7 N–H and O–H groups in total. The fourth-order valence-electron chi connectivity index (χ4n) is 3.40. The largest absolute Gasteiger partial charge is 0.479 e. The topological polar surface area (TPSA) is 218 Å². The summed E-state index contributed by atoms with van der Waals surface area (Å²) in [5.74, 6) is -1.64. The molecule has 1 aromatic carbocycles. The number of amides is 2. The van der Waals surface area contributed by atoms with E-state index in [2.05, 4.69) is 5.32 Å². The standard InChI is InChI=1S/C22H32BN3O11S/c1-38(34)7-6-26(11-23)22(33)35-10-12-2-3-14(13(8-12)9-25-15(27)4-5-24)36-21-18(30)16(28)17(29)19(37-21)20(31)32/h2-3,8,16-19,21,28-30H,4-7,9-11,24H2,1H3,(H,25,27)(H,31,32). The van der Waals surface area contributed by atoms with E-state index in [0.29, 0.717) is 11.1 Å². The number of carbonyl (C=O) groups is 3. The highest BCUT2D eigenvalue weighted by Crippen LogP contribution is 2.28. The third kappa shape index (κ3) is 8.92. The number of aliphatic hydroxyl groups is 3. The summed E-state index contributed by atoms with van der Waals surface area (Å²) in [5.41, 5.74) is 6.21. The third-order valence-corrected chi connectivity index (χ3v) is 6.28. The van der Waals surface area contributed by atoms with Crippen molar-refractivity contribution in [2.75, 3.05) is 31.5 Å². The number of carboxylic acid groups (broad SMARTS) is 1. The van der Waals surface area contributed by atoms with Gasteiger partial charge in [-0.2, -0.15) is 0 Å². The number of nitrogens with one attached hydrogen (secondary N) is 1. The summed E-state index contributed by atoms with van der Waals surface area (Å²) in [4.78, 5) is 36.9. The minimum absolute atomic E-state index is 0.0545. The van der Waals surface area contributed by atoms with Gasteiger partial charge in [-0.05, 0) is 24.1 Å². The smallest absolute Gasteiger partial charge is 0.409 e. The molecule has 38 heavy (non-hydrogen) atoms. The minimum atomic E-state index is -1.89. The highest BCUT2D eigenvalue weighted by molar-refractivity contribution is 7.84. The van der Waals surface area contributed by atoms with Crippen molar-refractivity contribution in [3.63, 3.8) is 0 Å². The number of nitrogens with zero attached hydrogens (tertiary/aromatic N) is 1. The first-order chi connectivity index (χ1) is 18.0. The second-order valence-electron chi connectivity index (χ2n) is 8.39. The van der Waals surface area contributed by atoms with Crippen LogP contribution in [0.5, 0.6) is 5.75 Å². The van der Waals surface area contributed by atoms with Crippen molar-refractivity contribution in [3.8, 4) is 5.75 Å². The monoisotopic (exact) mass is 557 g/mol. The molecule has 1 aliphatic heterocycles. The van der Waals surface area contributed by atoms with Crippen LogP contribution in [0.1, 0.15) is 17.5 Å². The summed E-state index contributed by atoms with van der Waals surface area (Å²) >= 11 is 0. The highest BCUT2D eigenvalue weighted by atomic mass is 32.2. The van der Waals surface area contributed by atoms with E-state index in [9.17, 15) is 39.0 Å². The molecule has 14 nitrogen and oxygen atoms in total. The average Bonchev–Trinajstić information content (AvgIpc) is 2.87. The van der Waals surface area contributed by atoms with Crippen molar-refractivity contribution in [1.82, 2.24) is 10.2 Å². The van der Waals surface area contributed by atoms with E-state index in [1.165, 1.54) is 29.4 Å². The van der Waals surface area contributed by atoms with Crippen LogP contribution in [-0.4, -0.2) is 118 Å². The van der Waals surface area contributed by atoms with Gasteiger partial charge in [0.15, 0.2) is 6.10 Å². The second-order valence-corrected chi connectivity index (χ2v) is 9.94. The Labute approximate surface area is 222 Å². The summed E-state index contributed by atoms with van der Waals surface area (Å²) in [6, 6.07) is 4.46. The number of carbonyl (C=O) groups excluding carboxylic acids is 2. The molecule has 1 heterocycles. The zero-order chi connectivity index (χ0) is 28.4. The Morgan fingerprint density at radius 3 is 2.53 bits per heavy atom. The van der Waals surface area contributed by atoms with E-state index < -0.39 is 53.6 Å². The molecule has 210 valence electrons. The van der Waals surface area contributed by atoms with Crippen LogP contribution in [0, 0.1) is 0 Å². The Morgan fingerprint density at radius 2 is 1.92 bits per heavy atom. The molecule has 2 amide bonds. The molecule has 0 aliphatic carbocycles. The fraction of sp³-hybridized carbons (Fsp3) is 0.591. The van der Waals surface area contributed by atoms with Crippen LogP contribution in [0.2, 0.25) is 0 Å². The van der Waals surface area contributed by atoms with Crippen LogP contribution in [0.4, 0.5) is 4.79 Å². The Hall–Kier alpha value is -2.76. The van der Waals surface area contributed by atoms with Gasteiger partial charge < -0.3 is 50.6 Å². The predicted octanol–water partition coefficient (Wildman–Crippen LogP) is -2.63. The maximum absolute atomic E-state index is 12.3. The molecule has 1 aromatic rings. The van der Waals surface area contributed by atoms with E-state index >= 15 is 0 Å². The fourth-order valence-corrected chi connectivity index (χ4v) is 3.87. The lowest BCUT2D eigenvalue weighted by Crippen LogP contribution is -2.61. The van der Waals surface area contributed by atoms with Crippen LogP contribution >= 0.6 is 0 Å². The van der Waals surface area contributed by atoms with Crippen LogP contribution < -0.4 is 15.8 Å². The molecular formula is C22H32BN3O11S. The van der Waals surface area contributed by atoms with E-state index in [-0.39, 0.29) is 56.5 Å². The Balaban J connectivity index is 2.21. The predicted molar refractivity (Wildman–Crippen MR) is 133 cm³/mol. The molecular weight excluding hydrogens is 525 g/mol. The number of benzene rings is 1. The van der Waals surface area contributed by atoms with Crippen molar-refractivity contribution < 1.29 is 53.2 Å². The molecule has 6 unspecified atom stereocenters. The number of hydrogen-bond acceptors (Lipinski definition) is 11. The van der Waals surface area contributed by atoms with E-state index in [4.69, 9.17) is 27.8 Å². The second kappa shape index (κ2) is 15.0. The van der Waals surface area contributed by atoms with Crippen LogP contribution in [0.25, 0.3) is 0 Å². The molecule has 1 fully saturated rings. The van der Waals surface area contributed by atoms with Gasteiger partial charge in [0.2, 0.25) is 12.2 Å². The van der Waals surface area contributed by atoms with Gasteiger partial charge in [0.1, 0.15) is 30.7 Å². The first-order valence-corrected chi connectivity index (χ1v) is 13.3. The quantitative estimate of drug-likeness (QED) is 0.137. The number of carboxylic acids is 1. The average molecular weight is 557 g/mol.